The molecule has 0 saturated carbocycles. The molecule has 0 bridgehead atoms. The van der Waals surface area contributed by atoms with E-state index in [-0.39, 0.29) is 4.93 Å². The highest BCUT2D eigenvalue weighted by molar-refractivity contribution is 7.81. The van der Waals surface area contributed by atoms with Crippen LogP contribution in [0.25, 0.3) is 0 Å². The fraction of sp³-hybridized carbons (Fsp3) is 1.00. The summed E-state index contributed by atoms with van der Waals surface area (Å²) in [6, 6.07) is 0. The molecule has 0 aromatic carbocycles. The SMILES string of the molecule is CC(C)(S)OCCCN1CC[C@H](F)C1. The Kier molecular flexibility index (Phi) is 4.67. The number of hydrogen-bond donors (Lipinski definition) is 1. The largest absolute Gasteiger partial charge is 0.365 e. The zero-order chi connectivity index (χ0) is 10.6. The fourth-order valence-electron chi connectivity index (χ4n) is 1.60. The number of halogens is 1. The molecule has 1 saturated heterocycles. The average molecular weight is 221 g/mol. The maximum atomic E-state index is 12.8. The summed E-state index contributed by atoms with van der Waals surface area (Å²) in [6.07, 6.45) is 1.03. The molecule has 4 heteroatoms. The second kappa shape index (κ2) is 5.33. The Balaban J connectivity index is 1.99. The van der Waals surface area contributed by atoms with Crippen molar-refractivity contribution in [3.63, 3.8) is 0 Å². The monoisotopic (exact) mass is 221 g/mol. The van der Waals surface area contributed by atoms with Gasteiger partial charge in [-0.1, -0.05) is 0 Å². The summed E-state index contributed by atoms with van der Waals surface area (Å²) in [5.41, 5.74) is 0. The molecular weight excluding hydrogens is 201 g/mol. The Labute approximate surface area is 91.2 Å². The smallest absolute Gasteiger partial charge is 0.114 e. The van der Waals surface area contributed by atoms with E-state index >= 15 is 0 Å². The molecular formula is C10H20FNOS. The highest BCUT2D eigenvalue weighted by atomic mass is 32.1. The molecule has 1 heterocycles. The number of likely N-dealkylation sites (tertiary alicyclic amines) is 1. The van der Waals surface area contributed by atoms with Crippen molar-refractivity contribution in [3.8, 4) is 0 Å². The van der Waals surface area contributed by atoms with Crippen LogP contribution in [0.2, 0.25) is 0 Å². The predicted molar refractivity (Wildman–Crippen MR) is 59.6 cm³/mol. The first kappa shape index (κ1) is 12.3. The predicted octanol–water partition coefficient (Wildman–Crippen LogP) is 2.10. The average Bonchev–Trinajstić information content (AvgIpc) is 2.44. The van der Waals surface area contributed by atoms with E-state index in [1.165, 1.54) is 0 Å². The molecule has 0 amide bonds. The molecule has 1 aliphatic heterocycles. The molecule has 1 aliphatic rings. The van der Waals surface area contributed by atoms with Crippen LogP contribution < -0.4 is 0 Å². The zero-order valence-corrected chi connectivity index (χ0v) is 9.90. The van der Waals surface area contributed by atoms with Crippen LogP contribution in [-0.4, -0.2) is 42.2 Å². The number of alkyl halides is 1. The minimum atomic E-state index is -0.614. The van der Waals surface area contributed by atoms with E-state index in [1.54, 1.807) is 0 Å². The van der Waals surface area contributed by atoms with E-state index < -0.39 is 6.17 Å². The normalized spacial score (nSPS) is 24.4. The minimum absolute atomic E-state index is 0.354. The van der Waals surface area contributed by atoms with Crippen molar-refractivity contribution in [2.45, 2.75) is 37.8 Å². The third-order valence-corrected chi connectivity index (χ3v) is 2.42. The van der Waals surface area contributed by atoms with E-state index in [2.05, 4.69) is 17.5 Å². The van der Waals surface area contributed by atoms with Crippen molar-refractivity contribution in [1.29, 1.82) is 0 Å². The van der Waals surface area contributed by atoms with Crippen molar-refractivity contribution < 1.29 is 9.13 Å². The first-order valence-electron chi connectivity index (χ1n) is 5.20. The van der Waals surface area contributed by atoms with E-state index in [0.29, 0.717) is 19.6 Å². The van der Waals surface area contributed by atoms with E-state index in [4.69, 9.17) is 4.74 Å². The van der Waals surface area contributed by atoms with Gasteiger partial charge in [-0.05, 0) is 26.7 Å². The Hall–Kier alpha value is 0.200. The van der Waals surface area contributed by atoms with Gasteiger partial charge in [-0.25, -0.2) is 4.39 Å². The lowest BCUT2D eigenvalue weighted by Gasteiger charge is -2.20. The first-order valence-corrected chi connectivity index (χ1v) is 5.65. The van der Waals surface area contributed by atoms with Gasteiger partial charge in [-0.15, -0.1) is 12.6 Å². The van der Waals surface area contributed by atoms with Crippen molar-refractivity contribution >= 4 is 12.6 Å². The number of thiol groups is 1. The van der Waals surface area contributed by atoms with Gasteiger partial charge in [0.1, 0.15) is 11.1 Å². The van der Waals surface area contributed by atoms with Crippen LogP contribution in [0.3, 0.4) is 0 Å². The molecule has 2 nitrogen and oxygen atoms in total. The van der Waals surface area contributed by atoms with Crippen molar-refractivity contribution in [2.24, 2.45) is 0 Å². The second-order valence-electron chi connectivity index (χ2n) is 4.34. The van der Waals surface area contributed by atoms with Crippen molar-refractivity contribution in [3.05, 3.63) is 0 Å². The molecule has 14 heavy (non-hydrogen) atoms. The quantitative estimate of drug-likeness (QED) is 0.433. The number of nitrogens with zero attached hydrogens (tertiary/aromatic N) is 1. The highest BCUT2D eigenvalue weighted by Crippen LogP contribution is 2.15. The van der Waals surface area contributed by atoms with Crippen LogP contribution in [-0.2, 0) is 4.74 Å². The maximum absolute atomic E-state index is 12.8. The van der Waals surface area contributed by atoms with Crippen LogP contribution in [0.5, 0.6) is 0 Å². The summed E-state index contributed by atoms with van der Waals surface area (Å²) in [5.74, 6) is 0. The van der Waals surface area contributed by atoms with Crippen LogP contribution in [0.15, 0.2) is 0 Å². The van der Waals surface area contributed by atoms with Gasteiger partial charge >= 0.3 is 0 Å². The lowest BCUT2D eigenvalue weighted by molar-refractivity contribution is 0.0483. The summed E-state index contributed by atoms with van der Waals surface area (Å²) in [6.45, 7) is 6.97. The van der Waals surface area contributed by atoms with Crippen LogP contribution in [0.4, 0.5) is 4.39 Å². The molecule has 1 fully saturated rings. The third kappa shape index (κ3) is 5.17. The fourth-order valence-corrected chi connectivity index (χ4v) is 1.69. The van der Waals surface area contributed by atoms with Gasteiger partial charge in [0.25, 0.3) is 0 Å². The molecule has 0 aromatic rings. The van der Waals surface area contributed by atoms with Crippen LogP contribution in [0, 0.1) is 0 Å². The molecule has 0 radical (unpaired) electrons. The lowest BCUT2D eigenvalue weighted by atomic mass is 10.3. The van der Waals surface area contributed by atoms with Gasteiger partial charge in [0.15, 0.2) is 0 Å². The van der Waals surface area contributed by atoms with Gasteiger partial charge in [0.05, 0.1) is 0 Å². The van der Waals surface area contributed by atoms with E-state index in [0.717, 1.165) is 19.5 Å². The van der Waals surface area contributed by atoms with Crippen molar-refractivity contribution in [1.82, 2.24) is 4.90 Å². The Morgan fingerprint density at radius 1 is 1.57 bits per heavy atom. The number of hydrogen-bond acceptors (Lipinski definition) is 3. The first-order chi connectivity index (χ1) is 6.47. The Bertz CT molecular complexity index is 172. The van der Waals surface area contributed by atoms with Gasteiger partial charge in [-0.2, -0.15) is 0 Å². The Morgan fingerprint density at radius 2 is 2.29 bits per heavy atom. The summed E-state index contributed by atoms with van der Waals surface area (Å²) in [7, 11) is 0. The topological polar surface area (TPSA) is 12.5 Å². The molecule has 84 valence electrons. The zero-order valence-electron chi connectivity index (χ0n) is 9.00. The van der Waals surface area contributed by atoms with Gasteiger partial charge in [0.2, 0.25) is 0 Å². The van der Waals surface area contributed by atoms with Crippen LogP contribution >= 0.6 is 12.6 Å². The molecule has 0 aliphatic carbocycles. The summed E-state index contributed by atoms with van der Waals surface area (Å²) < 4.78 is 18.2. The number of rotatable bonds is 5. The molecule has 0 aromatic heterocycles. The standard InChI is InChI=1S/C10H20FNOS/c1-10(2,14)13-7-3-5-12-6-4-9(11)8-12/h9,14H,3-8H2,1-2H3/t9-/m0/s1. The van der Waals surface area contributed by atoms with Crippen molar-refractivity contribution in [2.75, 3.05) is 26.2 Å². The minimum Gasteiger partial charge on any atom is -0.365 e. The number of ether oxygens (including phenoxy) is 1. The molecule has 1 atom stereocenters. The van der Waals surface area contributed by atoms with Gasteiger partial charge in [-0.3, -0.25) is 0 Å². The second-order valence-corrected chi connectivity index (χ2v) is 5.41. The van der Waals surface area contributed by atoms with Gasteiger partial charge < -0.3 is 9.64 Å². The van der Waals surface area contributed by atoms with E-state index in [9.17, 15) is 4.39 Å². The van der Waals surface area contributed by atoms with E-state index in [1.807, 2.05) is 13.8 Å². The Morgan fingerprint density at radius 3 is 2.79 bits per heavy atom. The lowest BCUT2D eigenvalue weighted by Crippen LogP contribution is -2.25. The summed E-state index contributed by atoms with van der Waals surface area (Å²) in [5, 5.41) is 0. The van der Waals surface area contributed by atoms with Gasteiger partial charge in [0, 0.05) is 26.2 Å². The third-order valence-electron chi connectivity index (χ3n) is 2.29. The summed E-state index contributed by atoms with van der Waals surface area (Å²) >= 11 is 4.26. The molecule has 0 unspecified atom stereocenters. The molecule has 1 rings (SSSR count). The molecule has 0 spiro atoms. The maximum Gasteiger partial charge on any atom is 0.114 e. The molecule has 0 N–H and O–H groups in total. The summed E-state index contributed by atoms with van der Waals surface area (Å²) in [4.78, 5) is 1.80. The van der Waals surface area contributed by atoms with Crippen LogP contribution in [0.1, 0.15) is 26.7 Å². The highest BCUT2D eigenvalue weighted by Gasteiger charge is 2.21.